The summed E-state index contributed by atoms with van der Waals surface area (Å²) in [6.45, 7) is 1.80. The van der Waals surface area contributed by atoms with Crippen LogP contribution in [-0.4, -0.2) is 18.1 Å². The van der Waals surface area contributed by atoms with Gasteiger partial charge in [0.2, 0.25) is 5.91 Å². The molecule has 108 valence electrons. The van der Waals surface area contributed by atoms with Crippen molar-refractivity contribution in [3.63, 3.8) is 0 Å². The average molecular weight is 283 g/mol. The predicted octanol–water partition coefficient (Wildman–Crippen LogP) is 3.36. The molecule has 21 heavy (non-hydrogen) atoms. The third kappa shape index (κ3) is 4.11. The summed E-state index contributed by atoms with van der Waals surface area (Å²) >= 11 is 0. The van der Waals surface area contributed by atoms with Crippen LogP contribution in [0.3, 0.4) is 0 Å². The molecule has 0 aromatic heterocycles. The van der Waals surface area contributed by atoms with Crippen molar-refractivity contribution in [3.8, 4) is 11.5 Å². The molecule has 0 aliphatic carbocycles. The number of phenols is 1. The summed E-state index contributed by atoms with van der Waals surface area (Å²) in [4.78, 5) is 11.8. The Morgan fingerprint density at radius 3 is 2.52 bits per heavy atom. The topological polar surface area (TPSA) is 58.6 Å². The van der Waals surface area contributed by atoms with E-state index in [2.05, 4.69) is 5.32 Å². The minimum absolute atomic E-state index is 0.159. The minimum atomic E-state index is -0.255. The van der Waals surface area contributed by atoms with Gasteiger partial charge in [0, 0.05) is 17.8 Å². The number of anilines is 1. The quantitative estimate of drug-likeness (QED) is 0.846. The van der Waals surface area contributed by atoms with E-state index >= 15 is 0 Å². The zero-order valence-electron chi connectivity index (χ0n) is 12.0. The van der Waals surface area contributed by atoms with Gasteiger partial charge in [-0.3, -0.25) is 4.79 Å². The lowest BCUT2D eigenvalue weighted by molar-refractivity contribution is -0.111. The highest BCUT2D eigenvalue weighted by molar-refractivity contribution is 6.02. The van der Waals surface area contributed by atoms with Gasteiger partial charge in [0.25, 0.3) is 0 Å². The van der Waals surface area contributed by atoms with Crippen LogP contribution in [0, 0.1) is 6.92 Å². The summed E-state index contributed by atoms with van der Waals surface area (Å²) < 4.78 is 5.07. The van der Waals surface area contributed by atoms with Crippen molar-refractivity contribution in [1.82, 2.24) is 0 Å². The van der Waals surface area contributed by atoms with E-state index in [1.54, 1.807) is 32.2 Å². The fourth-order valence-electron chi connectivity index (χ4n) is 1.76. The first-order valence-electron chi connectivity index (χ1n) is 6.51. The molecule has 0 aliphatic heterocycles. The third-order valence-electron chi connectivity index (χ3n) is 3.02. The molecule has 2 rings (SSSR count). The number of carbonyl (C=O) groups is 1. The summed E-state index contributed by atoms with van der Waals surface area (Å²) in [5, 5.41) is 12.3. The van der Waals surface area contributed by atoms with Gasteiger partial charge in [-0.05, 0) is 42.3 Å². The Bertz CT molecular complexity index is 660. The highest BCUT2D eigenvalue weighted by atomic mass is 16.5. The van der Waals surface area contributed by atoms with Gasteiger partial charge < -0.3 is 15.2 Å². The van der Waals surface area contributed by atoms with Crippen molar-refractivity contribution in [2.24, 2.45) is 0 Å². The van der Waals surface area contributed by atoms with Gasteiger partial charge in [-0.2, -0.15) is 0 Å². The van der Waals surface area contributed by atoms with Crippen molar-refractivity contribution in [2.75, 3.05) is 12.4 Å². The molecular weight excluding hydrogens is 266 g/mol. The molecule has 0 bridgehead atoms. The second kappa shape index (κ2) is 6.61. The van der Waals surface area contributed by atoms with E-state index in [0.717, 1.165) is 16.9 Å². The van der Waals surface area contributed by atoms with Gasteiger partial charge in [-0.1, -0.05) is 18.2 Å². The van der Waals surface area contributed by atoms with Gasteiger partial charge >= 0.3 is 0 Å². The molecule has 1 amide bonds. The molecule has 0 heterocycles. The minimum Gasteiger partial charge on any atom is -0.508 e. The van der Waals surface area contributed by atoms with Crippen LogP contribution in [0.2, 0.25) is 0 Å². The van der Waals surface area contributed by atoms with Crippen LogP contribution in [0.4, 0.5) is 5.69 Å². The van der Waals surface area contributed by atoms with Crippen LogP contribution in [-0.2, 0) is 4.79 Å². The zero-order chi connectivity index (χ0) is 15.2. The van der Waals surface area contributed by atoms with Gasteiger partial charge in [0.05, 0.1) is 7.11 Å². The van der Waals surface area contributed by atoms with Crippen LogP contribution >= 0.6 is 0 Å². The number of amides is 1. The number of phenolic OH excluding ortho intramolecular Hbond substituents is 1. The zero-order valence-corrected chi connectivity index (χ0v) is 12.0. The Hall–Kier alpha value is -2.75. The lowest BCUT2D eigenvalue weighted by Gasteiger charge is -2.04. The Labute approximate surface area is 123 Å². The first kappa shape index (κ1) is 14.7. The monoisotopic (exact) mass is 283 g/mol. The van der Waals surface area contributed by atoms with E-state index in [0.29, 0.717) is 5.69 Å². The molecule has 0 unspecified atom stereocenters. The Morgan fingerprint density at radius 2 is 1.90 bits per heavy atom. The molecule has 0 spiro atoms. The fraction of sp³-hybridized carbons (Fsp3) is 0.118. The van der Waals surface area contributed by atoms with Crippen molar-refractivity contribution < 1.29 is 14.6 Å². The predicted molar refractivity (Wildman–Crippen MR) is 83.5 cm³/mol. The Kier molecular flexibility index (Phi) is 4.61. The second-order valence-electron chi connectivity index (χ2n) is 4.60. The van der Waals surface area contributed by atoms with Crippen LogP contribution in [0.5, 0.6) is 11.5 Å². The summed E-state index contributed by atoms with van der Waals surface area (Å²) in [5.74, 6) is 0.674. The smallest absolute Gasteiger partial charge is 0.248 e. The Morgan fingerprint density at radius 1 is 1.19 bits per heavy atom. The summed E-state index contributed by atoms with van der Waals surface area (Å²) in [7, 11) is 1.61. The molecule has 2 aromatic rings. The highest BCUT2D eigenvalue weighted by Gasteiger charge is 2.01. The van der Waals surface area contributed by atoms with Crippen molar-refractivity contribution in [3.05, 3.63) is 59.7 Å². The molecule has 0 atom stereocenters. The molecule has 0 radical (unpaired) electrons. The van der Waals surface area contributed by atoms with Crippen molar-refractivity contribution in [1.29, 1.82) is 0 Å². The summed E-state index contributed by atoms with van der Waals surface area (Å²) in [5.41, 5.74) is 2.22. The van der Waals surface area contributed by atoms with E-state index in [1.807, 2.05) is 24.3 Å². The molecule has 0 fully saturated rings. The summed E-state index contributed by atoms with van der Waals surface area (Å²) in [6, 6.07) is 12.4. The maximum absolute atomic E-state index is 11.8. The first-order valence-corrected chi connectivity index (χ1v) is 6.51. The lowest BCUT2D eigenvalue weighted by Crippen LogP contribution is -2.07. The second-order valence-corrected chi connectivity index (χ2v) is 4.60. The highest BCUT2D eigenvalue weighted by Crippen LogP contribution is 2.20. The van der Waals surface area contributed by atoms with E-state index in [4.69, 9.17) is 4.74 Å². The van der Waals surface area contributed by atoms with Crippen molar-refractivity contribution in [2.45, 2.75) is 6.92 Å². The van der Waals surface area contributed by atoms with Crippen LogP contribution in [0.15, 0.2) is 48.5 Å². The van der Waals surface area contributed by atoms with E-state index in [1.165, 1.54) is 12.1 Å². The first-order chi connectivity index (χ1) is 10.1. The fourth-order valence-corrected chi connectivity index (χ4v) is 1.76. The molecule has 4 heteroatoms. The number of rotatable bonds is 4. The number of aryl methyl sites for hydroxylation is 1. The summed E-state index contributed by atoms with van der Waals surface area (Å²) in [6.07, 6.45) is 3.15. The molecule has 2 N–H and O–H groups in total. The number of ether oxygens (including phenoxy) is 1. The molecular formula is C17H17NO3. The number of carbonyl (C=O) groups excluding carboxylic acids is 1. The van der Waals surface area contributed by atoms with Gasteiger partial charge in [0.1, 0.15) is 11.5 Å². The average Bonchev–Trinajstić information content (AvgIpc) is 2.49. The van der Waals surface area contributed by atoms with E-state index < -0.39 is 0 Å². The van der Waals surface area contributed by atoms with E-state index in [-0.39, 0.29) is 11.7 Å². The van der Waals surface area contributed by atoms with Gasteiger partial charge in [-0.15, -0.1) is 0 Å². The largest absolute Gasteiger partial charge is 0.508 e. The molecule has 4 nitrogen and oxygen atoms in total. The number of benzene rings is 2. The lowest BCUT2D eigenvalue weighted by atomic mass is 10.2. The molecule has 2 aromatic carbocycles. The standard InChI is InChI=1S/C17H17NO3/c1-12-3-7-14(11-16(12)19)18-17(20)10-6-13-4-8-15(21-2)9-5-13/h3-11,19H,1-2H3,(H,18,20). The van der Waals surface area contributed by atoms with Gasteiger partial charge in [-0.25, -0.2) is 0 Å². The van der Waals surface area contributed by atoms with Crippen LogP contribution in [0.25, 0.3) is 6.08 Å². The molecule has 0 saturated carbocycles. The number of hydrogen-bond donors (Lipinski definition) is 2. The maximum Gasteiger partial charge on any atom is 0.248 e. The van der Waals surface area contributed by atoms with Crippen molar-refractivity contribution >= 4 is 17.7 Å². The van der Waals surface area contributed by atoms with Crippen LogP contribution in [0.1, 0.15) is 11.1 Å². The Balaban J connectivity index is 1.99. The molecule has 0 saturated heterocycles. The SMILES string of the molecule is COc1ccc(C=CC(=O)Nc2ccc(C)c(O)c2)cc1. The third-order valence-corrected chi connectivity index (χ3v) is 3.02. The van der Waals surface area contributed by atoms with Crippen LogP contribution < -0.4 is 10.1 Å². The van der Waals surface area contributed by atoms with E-state index in [9.17, 15) is 9.90 Å². The number of hydrogen-bond acceptors (Lipinski definition) is 3. The maximum atomic E-state index is 11.8. The molecule has 0 aliphatic rings. The number of aromatic hydroxyl groups is 1. The normalized spacial score (nSPS) is 10.6. The number of nitrogens with one attached hydrogen (secondary N) is 1. The van der Waals surface area contributed by atoms with Gasteiger partial charge in [0.15, 0.2) is 0 Å². The number of methoxy groups -OCH3 is 1.